The van der Waals surface area contributed by atoms with Gasteiger partial charge in [-0.3, -0.25) is 4.79 Å². The predicted octanol–water partition coefficient (Wildman–Crippen LogP) is 1.03. The van der Waals surface area contributed by atoms with E-state index in [1.807, 2.05) is 0 Å². The van der Waals surface area contributed by atoms with Gasteiger partial charge in [-0.2, -0.15) is 0 Å². The Balaban J connectivity index is 2.82. The highest BCUT2D eigenvalue weighted by molar-refractivity contribution is 5.96. The normalized spacial score (nSPS) is 11.3. The summed E-state index contributed by atoms with van der Waals surface area (Å²) >= 11 is 0. The summed E-state index contributed by atoms with van der Waals surface area (Å²) in [5, 5.41) is 10.9. The first-order chi connectivity index (χ1) is 8.06. The van der Waals surface area contributed by atoms with Gasteiger partial charge in [0, 0.05) is 6.42 Å². The molecule has 1 atom stereocenters. The maximum absolute atomic E-state index is 13.2. The number of halogens is 1. The fraction of sp³-hybridized carbons (Fsp3) is 0.167. The van der Waals surface area contributed by atoms with Crippen molar-refractivity contribution in [3.8, 4) is 12.3 Å². The summed E-state index contributed by atoms with van der Waals surface area (Å²) in [5.74, 6) is -0.639. The van der Waals surface area contributed by atoms with Crippen LogP contribution in [0.25, 0.3) is 0 Å². The van der Waals surface area contributed by atoms with Crippen LogP contribution in [0.3, 0.4) is 0 Å². The van der Waals surface area contributed by atoms with E-state index in [0.29, 0.717) is 0 Å². The molecule has 0 fully saturated rings. The highest BCUT2D eigenvalue weighted by Crippen LogP contribution is 2.06. The van der Waals surface area contributed by atoms with Crippen LogP contribution < -0.4 is 5.32 Å². The van der Waals surface area contributed by atoms with Crippen LogP contribution in [0.1, 0.15) is 16.8 Å². The molecule has 1 unspecified atom stereocenters. The minimum atomic E-state index is -1.26. The van der Waals surface area contributed by atoms with Gasteiger partial charge in [0.15, 0.2) is 0 Å². The van der Waals surface area contributed by atoms with Crippen molar-refractivity contribution in [1.29, 1.82) is 0 Å². The fourth-order valence-electron chi connectivity index (χ4n) is 1.20. The van der Waals surface area contributed by atoms with Gasteiger partial charge in [0.1, 0.15) is 11.9 Å². The van der Waals surface area contributed by atoms with Crippen LogP contribution in [0.5, 0.6) is 0 Å². The minimum absolute atomic E-state index is 0.157. The van der Waals surface area contributed by atoms with E-state index in [9.17, 15) is 14.0 Å². The third kappa shape index (κ3) is 3.31. The molecule has 0 aromatic heterocycles. The van der Waals surface area contributed by atoms with Crippen LogP contribution >= 0.6 is 0 Å². The van der Waals surface area contributed by atoms with Gasteiger partial charge in [0.25, 0.3) is 5.91 Å². The molecule has 1 aromatic rings. The minimum Gasteiger partial charge on any atom is -0.480 e. The molecule has 0 aliphatic carbocycles. The van der Waals surface area contributed by atoms with E-state index in [-0.39, 0.29) is 12.0 Å². The van der Waals surface area contributed by atoms with Crippen molar-refractivity contribution >= 4 is 11.9 Å². The summed E-state index contributed by atoms with van der Waals surface area (Å²) in [7, 11) is 0. The second-order valence-electron chi connectivity index (χ2n) is 3.25. The lowest BCUT2D eigenvalue weighted by molar-refractivity contribution is -0.139. The summed E-state index contributed by atoms with van der Waals surface area (Å²) < 4.78 is 13.2. The Morgan fingerprint density at radius 2 is 2.12 bits per heavy atom. The first kappa shape index (κ1) is 12.7. The molecule has 1 rings (SSSR count). The molecule has 0 saturated heterocycles. The first-order valence-corrected chi connectivity index (χ1v) is 4.78. The molecule has 0 aliphatic heterocycles. The predicted molar refractivity (Wildman–Crippen MR) is 58.7 cm³/mol. The van der Waals surface area contributed by atoms with Crippen LogP contribution in [0.4, 0.5) is 4.39 Å². The zero-order valence-corrected chi connectivity index (χ0v) is 8.81. The van der Waals surface area contributed by atoms with Crippen LogP contribution in [0.2, 0.25) is 0 Å². The monoisotopic (exact) mass is 235 g/mol. The zero-order chi connectivity index (χ0) is 12.8. The van der Waals surface area contributed by atoms with Crippen molar-refractivity contribution in [2.24, 2.45) is 0 Å². The van der Waals surface area contributed by atoms with Crippen LogP contribution in [-0.4, -0.2) is 23.0 Å². The van der Waals surface area contributed by atoms with Crippen molar-refractivity contribution in [3.05, 3.63) is 35.6 Å². The Hall–Kier alpha value is -2.35. The topological polar surface area (TPSA) is 66.4 Å². The molecule has 0 bridgehead atoms. The Kier molecular flexibility index (Phi) is 4.23. The van der Waals surface area contributed by atoms with E-state index in [4.69, 9.17) is 11.5 Å². The smallest absolute Gasteiger partial charge is 0.327 e. The Morgan fingerprint density at radius 3 is 2.65 bits per heavy atom. The van der Waals surface area contributed by atoms with Crippen molar-refractivity contribution in [2.75, 3.05) is 0 Å². The van der Waals surface area contributed by atoms with Crippen LogP contribution in [-0.2, 0) is 4.79 Å². The molecule has 0 heterocycles. The molecule has 0 aliphatic rings. The lowest BCUT2D eigenvalue weighted by atomic mass is 10.1. The number of carboxylic acids is 1. The van der Waals surface area contributed by atoms with Crippen LogP contribution in [0, 0.1) is 18.2 Å². The molecule has 1 amide bonds. The lowest BCUT2D eigenvalue weighted by Crippen LogP contribution is -2.40. The van der Waals surface area contributed by atoms with E-state index in [2.05, 4.69) is 11.2 Å². The summed E-state index contributed by atoms with van der Waals surface area (Å²) in [6.45, 7) is 0. The van der Waals surface area contributed by atoms with Crippen molar-refractivity contribution < 1.29 is 19.1 Å². The number of benzene rings is 1. The number of aliphatic carboxylic acids is 1. The standard InChI is InChI=1S/C12H10FNO3/c1-2-5-10(12(16)17)14-11(15)8-6-3-4-7-9(8)13/h1,3-4,6-7,10H,5H2,(H,14,15)(H,16,17). The number of carbonyl (C=O) groups is 2. The van der Waals surface area contributed by atoms with Crippen LogP contribution in [0.15, 0.2) is 24.3 Å². The summed E-state index contributed by atoms with van der Waals surface area (Å²) in [5.41, 5.74) is -0.212. The van der Waals surface area contributed by atoms with Gasteiger partial charge in [0.2, 0.25) is 0 Å². The molecule has 0 radical (unpaired) electrons. The van der Waals surface area contributed by atoms with Crippen molar-refractivity contribution in [3.63, 3.8) is 0 Å². The molecule has 0 saturated carbocycles. The average Bonchev–Trinajstić information content (AvgIpc) is 2.28. The van der Waals surface area contributed by atoms with Gasteiger partial charge in [-0.15, -0.1) is 12.3 Å². The fourth-order valence-corrected chi connectivity index (χ4v) is 1.20. The van der Waals surface area contributed by atoms with E-state index >= 15 is 0 Å². The number of amides is 1. The molecule has 1 aromatic carbocycles. The van der Waals surface area contributed by atoms with E-state index in [1.54, 1.807) is 0 Å². The maximum Gasteiger partial charge on any atom is 0.327 e. The molecule has 5 heteroatoms. The zero-order valence-electron chi connectivity index (χ0n) is 8.81. The van der Waals surface area contributed by atoms with E-state index in [0.717, 1.165) is 6.07 Å². The van der Waals surface area contributed by atoms with Gasteiger partial charge in [-0.25, -0.2) is 9.18 Å². The number of carbonyl (C=O) groups excluding carboxylic acids is 1. The number of hydrogen-bond acceptors (Lipinski definition) is 2. The van der Waals surface area contributed by atoms with E-state index in [1.165, 1.54) is 18.2 Å². The molecule has 0 spiro atoms. The molecule has 4 nitrogen and oxygen atoms in total. The highest BCUT2D eigenvalue weighted by Gasteiger charge is 2.20. The van der Waals surface area contributed by atoms with Gasteiger partial charge in [0.05, 0.1) is 5.56 Å². The second-order valence-corrected chi connectivity index (χ2v) is 3.25. The average molecular weight is 235 g/mol. The molecule has 17 heavy (non-hydrogen) atoms. The number of nitrogens with one attached hydrogen (secondary N) is 1. The number of rotatable bonds is 4. The number of carboxylic acid groups (broad SMARTS) is 1. The number of hydrogen-bond donors (Lipinski definition) is 2. The SMILES string of the molecule is C#CCC(NC(=O)c1ccccc1F)C(=O)O. The van der Waals surface area contributed by atoms with Gasteiger partial charge in [-0.1, -0.05) is 12.1 Å². The van der Waals surface area contributed by atoms with Crippen molar-refractivity contribution in [2.45, 2.75) is 12.5 Å². The third-order valence-electron chi connectivity index (χ3n) is 2.04. The Bertz CT molecular complexity index is 479. The van der Waals surface area contributed by atoms with E-state index < -0.39 is 23.7 Å². The molecule has 88 valence electrons. The Morgan fingerprint density at radius 1 is 1.47 bits per heavy atom. The van der Waals surface area contributed by atoms with Gasteiger partial charge in [-0.05, 0) is 12.1 Å². The number of terminal acetylenes is 1. The largest absolute Gasteiger partial charge is 0.480 e. The quantitative estimate of drug-likeness (QED) is 0.766. The second kappa shape index (κ2) is 5.66. The summed E-state index contributed by atoms with van der Waals surface area (Å²) in [6, 6.07) is 4.08. The summed E-state index contributed by atoms with van der Waals surface area (Å²) in [6.07, 6.45) is 4.82. The summed E-state index contributed by atoms with van der Waals surface area (Å²) in [4.78, 5) is 22.3. The Labute approximate surface area is 97.5 Å². The van der Waals surface area contributed by atoms with Crippen molar-refractivity contribution in [1.82, 2.24) is 5.32 Å². The highest BCUT2D eigenvalue weighted by atomic mass is 19.1. The molecule has 2 N–H and O–H groups in total. The third-order valence-corrected chi connectivity index (χ3v) is 2.04. The molecular formula is C12H10FNO3. The lowest BCUT2D eigenvalue weighted by Gasteiger charge is -2.11. The van der Waals surface area contributed by atoms with Gasteiger partial charge < -0.3 is 10.4 Å². The maximum atomic E-state index is 13.2. The molecular weight excluding hydrogens is 225 g/mol. The van der Waals surface area contributed by atoms with Gasteiger partial charge >= 0.3 is 5.97 Å². The first-order valence-electron chi connectivity index (χ1n) is 4.78.